The molecule has 132 valence electrons. The summed E-state index contributed by atoms with van der Waals surface area (Å²) in [6, 6.07) is 18.8. The Hall–Kier alpha value is -2.66. The topological polar surface area (TPSA) is 50.3 Å². The maximum Gasteiger partial charge on any atom is 0.264 e. The number of nitrogens with zero attached hydrogens (tertiary/aromatic N) is 2. The van der Waals surface area contributed by atoms with Crippen LogP contribution < -0.4 is 4.31 Å². The van der Waals surface area contributed by atoms with Crippen LogP contribution in [0.15, 0.2) is 71.8 Å². The molecule has 1 aliphatic heterocycles. The first-order valence-electron chi connectivity index (χ1n) is 8.69. The highest BCUT2D eigenvalue weighted by Gasteiger charge is 2.29. The van der Waals surface area contributed by atoms with E-state index < -0.39 is 10.0 Å². The lowest BCUT2D eigenvalue weighted by Gasteiger charge is -2.30. The molecule has 0 N–H and O–H groups in total. The van der Waals surface area contributed by atoms with Crippen molar-refractivity contribution in [2.45, 2.75) is 24.7 Å². The minimum Gasteiger partial charge on any atom is -0.266 e. The van der Waals surface area contributed by atoms with Gasteiger partial charge in [0.05, 0.1) is 16.3 Å². The molecular formula is C21H20N2O2S. The van der Waals surface area contributed by atoms with Crippen molar-refractivity contribution in [1.29, 1.82) is 0 Å². The summed E-state index contributed by atoms with van der Waals surface area (Å²) < 4.78 is 28.0. The maximum atomic E-state index is 13.2. The Morgan fingerprint density at radius 3 is 2.46 bits per heavy atom. The quantitative estimate of drug-likeness (QED) is 0.700. The van der Waals surface area contributed by atoms with Crippen LogP contribution in [0.25, 0.3) is 11.3 Å². The van der Waals surface area contributed by atoms with E-state index in [-0.39, 0.29) is 0 Å². The van der Waals surface area contributed by atoms with Crippen LogP contribution in [0.5, 0.6) is 0 Å². The van der Waals surface area contributed by atoms with Crippen molar-refractivity contribution >= 4 is 15.7 Å². The second-order valence-corrected chi connectivity index (χ2v) is 8.42. The number of sulfonamides is 1. The molecule has 26 heavy (non-hydrogen) atoms. The van der Waals surface area contributed by atoms with Crippen LogP contribution in [0.2, 0.25) is 0 Å². The largest absolute Gasteiger partial charge is 0.266 e. The molecule has 3 aromatic rings. The van der Waals surface area contributed by atoms with Gasteiger partial charge in [-0.3, -0.25) is 9.29 Å². The molecule has 0 amide bonds. The number of anilines is 1. The molecule has 5 heteroatoms. The molecular weight excluding hydrogens is 344 g/mol. The van der Waals surface area contributed by atoms with Gasteiger partial charge in [-0.1, -0.05) is 48.0 Å². The molecule has 2 heterocycles. The Morgan fingerprint density at radius 1 is 1.00 bits per heavy atom. The molecule has 0 aliphatic carbocycles. The van der Waals surface area contributed by atoms with Gasteiger partial charge >= 0.3 is 0 Å². The van der Waals surface area contributed by atoms with E-state index in [0.717, 1.165) is 40.9 Å². The summed E-state index contributed by atoms with van der Waals surface area (Å²) in [5.74, 6) is 0. The van der Waals surface area contributed by atoms with E-state index >= 15 is 0 Å². The Kier molecular flexibility index (Phi) is 4.24. The van der Waals surface area contributed by atoms with E-state index in [0.29, 0.717) is 11.4 Å². The molecule has 0 radical (unpaired) electrons. The third-order valence-electron chi connectivity index (χ3n) is 4.72. The Bertz CT molecular complexity index is 1030. The van der Waals surface area contributed by atoms with Crippen LogP contribution in [0.1, 0.15) is 17.5 Å². The Labute approximate surface area is 154 Å². The number of benzene rings is 2. The lowest BCUT2D eigenvalue weighted by atomic mass is 10.0. The summed E-state index contributed by atoms with van der Waals surface area (Å²) in [6.45, 7) is 2.44. The van der Waals surface area contributed by atoms with Crippen molar-refractivity contribution in [1.82, 2.24) is 4.98 Å². The van der Waals surface area contributed by atoms with E-state index in [4.69, 9.17) is 0 Å². The van der Waals surface area contributed by atoms with Crippen LogP contribution >= 0.6 is 0 Å². The fourth-order valence-corrected chi connectivity index (χ4v) is 4.82. The minimum absolute atomic E-state index is 0.328. The van der Waals surface area contributed by atoms with E-state index in [1.165, 1.54) is 4.31 Å². The number of hydrogen-bond donors (Lipinski definition) is 0. The zero-order valence-corrected chi connectivity index (χ0v) is 15.4. The normalized spacial score (nSPS) is 14.1. The highest BCUT2D eigenvalue weighted by molar-refractivity contribution is 7.92. The summed E-state index contributed by atoms with van der Waals surface area (Å²) >= 11 is 0. The van der Waals surface area contributed by atoms with Crippen LogP contribution in [0.4, 0.5) is 5.69 Å². The lowest BCUT2D eigenvalue weighted by Crippen LogP contribution is -2.35. The second-order valence-electron chi connectivity index (χ2n) is 6.56. The number of pyridine rings is 1. The van der Waals surface area contributed by atoms with Gasteiger partial charge < -0.3 is 0 Å². The van der Waals surface area contributed by atoms with Gasteiger partial charge in [0.25, 0.3) is 10.0 Å². The van der Waals surface area contributed by atoms with Crippen molar-refractivity contribution in [3.8, 4) is 11.3 Å². The summed E-state index contributed by atoms with van der Waals surface area (Å²) in [6.07, 6.45) is 3.45. The van der Waals surface area contributed by atoms with Gasteiger partial charge in [-0.25, -0.2) is 8.42 Å². The highest BCUT2D eigenvalue weighted by atomic mass is 32.2. The number of fused-ring (bicyclic) bond motifs is 1. The van der Waals surface area contributed by atoms with Gasteiger partial charge in [0.2, 0.25) is 0 Å². The van der Waals surface area contributed by atoms with Crippen LogP contribution in [0.3, 0.4) is 0 Å². The zero-order valence-electron chi connectivity index (χ0n) is 14.6. The average Bonchev–Trinajstić information content (AvgIpc) is 2.68. The minimum atomic E-state index is -3.59. The second kappa shape index (κ2) is 6.57. The molecule has 0 bridgehead atoms. The summed E-state index contributed by atoms with van der Waals surface area (Å²) in [5.41, 5.74) is 4.53. The van der Waals surface area contributed by atoms with Gasteiger partial charge in [0, 0.05) is 18.3 Å². The third-order valence-corrected chi connectivity index (χ3v) is 6.54. The number of aryl methyl sites for hydroxylation is 2. The number of rotatable bonds is 3. The summed E-state index contributed by atoms with van der Waals surface area (Å²) in [5, 5.41) is 0. The number of aromatic nitrogens is 1. The van der Waals surface area contributed by atoms with E-state index in [1.54, 1.807) is 12.1 Å². The summed E-state index contributed by atoms with van der Waals surface area (Å²) in [7, 11) is -3.59. The van der Waals surface area contributed by atoms with Gasteiger partial charge in [-0.2, -0.15) is 0 Å². The molecule has 0 atom stereocenters. The molecule has 0 saturated heterocycles. The zero-order chi connectivity index (χ0) is 18.1. The standard InChI is InChI=1S/C21H20N2O2S/c1-16-9-11-19(12-10-16)26(24,25)23-13-5-8-18-15-22-20(14-21(18)23)17-6-3-2-4-7-17/h2-4,6-7,9-12,14-15H,5,8,13H2,1H3. The Morgan fingerprint density at radius 2 is 1.73 bits per heavy atom. The van der Waals surface area contributed by atoms with Crippen molar-refractivity contribution in [3.05, 3.63) is 78.0 Å². The van der Waals surface area contributed by atoms with Crippen molar-refractivity contribution in [2.24, 2.45) is 0 Å². The molecule has 0 spiro atoms. The van der Waals surface area contributed by atoms with Crippen molar-refractivity contribution < 1.29 is 8.42 Å². The average molecular weight is 364 g/mol. The van der Waals surface area contributed by atoms with Crippen molar-refractivity contribution in [2.75, 3.05) is 10.8 Å². The summed E-state index contributed by atoms with van der Waals surface area (Å²) in [4.78, 5) is 4.87. The molecule has 2 aromatic carbocycles. The molecule has 0 unspecified atom stereocenters. The van der Waals surface area contributed by atoms with E-state index in [9.17, 15) is 8.42 Å². The molecule has 4 nitrogen and oxygen atoms in total. The molecule has 4 rings (SSSR count). The van der Waals surface area contributed by atoms with Gasteiger partial charge in [-0.05, 0) is 43.5 Å². The van der Waals surface area contributed by atoms with E-state index in [1.807, 2.05) is 61.7 Å². The number of hydrogen-bond acceptors (Lipinski definition) is 3. The van der Waals surface area contributed by atoms with Crippen molar-refractivity contribution in [3.63, 3.8) is 0 Å². The fourth-order valence-electron chi connectivity index (χ4n) is 3.29. The molecule has 1 aliphatic rings. The Balaban J connectivity index is 1.80. The van der Waals surface area contributed by atoms with Gasteiger partial charge in [0.15, 0.2) is 0 Å². The maximum absolute atomic E-state index is 13.2. The molecule has 1 aromatic heterocycles. The molecule has 0 saturated carbocycles. The fraction of sp³-hybridized carbons (Fsp3) is 0.190. The first-order chi connectivity index (χ1) is 12.6. The van der Waals surface area contributed by atoms with Gasteiger partial charge in [-0.15, -0.1) is 0 Å². The monoisotopic (exact) mass is 364 g/mol. The SMILES string of the molecule is Cc1ccc(S(=O)(=O)N2CCCc3cnc(-c4ccccc4)cc32)cc1. The smallest absolute Gasteiger partial charge is 0.264 e. The van der Waals surface area contributed by atoms with Gasteiger partial charge in [0.1, 0.15) is 0 Å². The predicted octanol–water partition coefficient (Wildman–Crippen LogP) is 4.20. The van der Waals surface area contributed by atoms with E-state index in [2.05, 4.69) is 4.98 Å². The highest BCUT2D eigenvalue weighted by Crippen LogP contribution is 2.34. The van der Waals surface area contributed by atoms with Crippen LogP contribution in [-0.4, -0.2) is 19.9 Å². The first-order valence-corrected chi connectivity index (χ1v) is 10.1. The van der Waals surface area contributed by atoms with Crippen LogP contribution in [-0.2, 0) is 16.4 Å². The van der Waals surface area contributed by atoms with Crippen LogP contribution in [0, 0.1) is 6.92 Å². The first kappa shape index (κ1) is 16.8. The lowest BCUT2D eigenvalue weighted by molar-refractivity contribution is 0.586. The molecule has 0 fully saturated rings. The third kappa shape index (κ3) is 2.99. The predicted molar refractivity (Wildman–Crippen MR) is 104 cm³/mol.